The van der Waals surface area contributed by atoms with Crippen LogP contribution in [-0.2, 0) is 17.0 Å². The van der Waals surface area contributed by atoms with E-state index in [1.807, 2.05) is 0 Å². The summed E-state index contributed by atoms with van der Waals surface area (Å²) in [6.07, 6.45) is 5.18. The summed E-state index contributed by atoms with van der Waals surface area (Å²) in [7, 11) is 2.99. The number of aliphatic imine (C=N–C) groups is 1. The van der Waals surface area contributed by atoms with E-state index in [0.717, 1.165) is 31.2 Å². The number of methoxy groups -OCH3 is 2. The second-order valence-corrected chi connectivity index (χ2v) is 4.95. The molecule has 1 aromatic carbocycles. The highest BCUT2D eigenvalue weighted by Crippen LogP contribution is 2.45. The Kier molecular flexibility index (Phi) is 4.40. The fraction of sp³-hybridized carbons (Fsp3) is 0.533. The first kappa shape index (κ1) is 14.5. The van der Waals surface area contributed by atoms with Crippen LogP contribution in [0.1, 0.15) is 36.8 Å². The van der Waals surface area contributed by atoms with Gasteiger partial charge in [0.2, 0.25) is 6.08 Å². The van der Waals surface area contributed by atoms with E-state index in [4.69, 9.17) is 9.47 Å². The molecule has 5 heteroatoms. The zero-order valence-corrected chi connectivity index (χ0v) is 11.7. The monoisotopic (exact) mass is 279 g/mol. The third-order valence-corrected chi connectivity index (χ3v) is 3.93. The molecule has 0 atom stereocenters. The van der Waals surface area contributed by atoms with Crippen LogP contribution in [0.5, 0.6) is 11.5 Å². The van der Waals surface area contributed by atoms with Crippen molar-refractivity contribution in [3.63, 3.8) is 0 Å². The minimum absolute atomic E-state index is 0.391. The van der Waals surface area contributed by atoms with Gasteiger partial charge in [-0.25, -0.2) is 9.18 Å². The highest BCUT2D eigenvalue weighted by molar-refractivity contribution is 5.52. The molecule has 1 fully saturated rings. The molecular weight excluding hydrogens is 261 g/mol. The Hall–Kier alpha value is -1.87. The Morgan fingerprint density at radius 3 is 2.50 bits per heavy atom. The lowest BCUT2D eigenvalue weighted by Crippen LogP contribution is -2.19. The van der Waals surface area contributed by atoms with Gasteiger partial charge in [-0.15, -0.1) is 0 Å². The number of nitrogens with zero attached hydrogens (tertiary/aromatic N) is 1. The summed E-state index contributed by atoms with van der Waals surface area (Å²) in [5.41, 5.74) is 0.614. The van der Waals surface area contributed by atoms with Crippen molar-refractivity contribution in [3.8, 4) is 11.5 Å². The normalized spacial score (nSPS) is 16.6. The van der Waals surface area contributed by atoms with Crippen molar-refractivity contribution in [1.82, 2.24) is 0 Å². The predicted octanol–water partition coefficient (Wildman–Crippen LogP) is 3.28. The number of benzene rings is 1. The fourth-order valence-corrected chi connectivity index (χ4v) is 2.92. The number of ether oxygens (including phenoxy) is 2. The van der Waals surface area contributed by atoms with Gasteiger partial charge in [0.05, 0.1) is 19.8 Å². The number of halogens is 1. The zero-order chi connectivity index (χ0) is 14.6. The van der Waals surface area contributed by atoms with Crippen molar-refractivity contribution in [1.29, 1.82) is 0 Å². The SMILES string of the molecule is COc1cc(C2(N=C=O)CCCC2)cc(CF)c1OC. The number of rotatable bonds is 5. The van der Waals surface area contributed by atoms with Crippen molar-refractivity contribution < 1.29 is 18.7 Å². The van der Waals surface area contributed by atoms with Crippen molar-refractivity contribution in [2.75, 3.05) is 14.2 Å². The van der Waals surface area contributed by atoms with E-state index in [1.54, 1.807) is 18.2 Å². The summed E-state index contributed by atoms with van der Waals surface area (Å²) in [5, 5.41) is 0. The highest BCUT2D eigenvalue weighted by Gasteiger charge is 2.37. The van der Waals surface area contributed by atoms with Crippen molar-refractivity contribution >= 4 is 6.08 Å². The van der Waals surface area contributed by atoms with Crippen LogP contribution in [0.4, 0.5) is 4.39 Å². The lowest BCUT2D eigenvalue weighted by atomic mass is 9.87. The van der Waals surface area contributed by atoms with Crippen LogP contribution < -0.4 is 9.47 Å². The summed E-state index contributed by atoms with van der Waals surface area (Å²) >= 11 is 0. The molecule has 0 spiro atoms. The second kappa shape index (κ2) is 6.06. The Labute approximate surface area is 117 Å². The summed E-state index contributed by atoms with van der Waals surface area (Å²) in [6.45, 7) is -0.658. The zero-order valence-electron chi connectivity index (χ0n) is 11.7. The van der Waals surface area contributed by atoms with E-state index in [-0.39, 0.29) is 0 Å². The number of alkyl halides is 1. The average molecular weight is 279 g/mol. The van der Waals surface area contributed by atoms with E-state index >= 15 is 0 Å². The molecule has 1 aromatic rings. The minimum atomic E-state index is -0.658. The van der Waals surface area contributed by atoms with Gasteiger partial charge < -0.3 is 9.47 Å². The van der Waals surface area contributed by atoms with E-state index in [2.05, 4.69) is 4.99 Å². The van der Waals surface area contributed by atoms with Crippen LogP contribution in [-0.4, -0.2) is 20.3 Å². The molecule has 2 rings (SSSR count). The topological polar surface area (TPSA) is 47.9 Å². The van der Waals surface area contributed by atoms with Gasteiger partial charge in [0.15, 0.2) is 11.5 Å². The van der Waals surface area contributed by atoms with Crippen LogP contribution in [0.3, 0.4) is 0 Å². The van der Waals surface area contributed by atoms with Crippen LogP contribution >= 0.6 is 0 Å². The summed E-state index contributed by atoms with van der Waals surface area (Å²) < 4.78 is 23.7. The Bertz CT molecular complexity index is 507. The van der Waals surface area contributed by atoms with Gasteiger partial charge >= 0.3 is 0 Å². The molecule has 20 heavy (non-hydrogen) atoms. The molecule has 0 N–H and O–H groups in total. The molecule has 108 valence electrons. The summed E-state index contributed by atoms with van der Waals surface area (Å²) in [4.78, 5) is 14.8. The largest absolute Gasteiger partial charge is 0.493 e. The maximum Gasteiger partial charge on any atom is 0.235 e. The molecule has 0 amide bonds. The molecule has 0 saturated heterocycles. The van der Waals surface area contributed by atoms with Gasteiger partial charge in [0.1, 0.15) is 6.67 Å². The second-order valence-electron chi connectivity index (χ2n) is 4.95. The van der Waals surface area contributed by atoms with Crippen molar-refractivity contribution in [2.24, 2.45) is 4.99 Å². The standard InChI is InChI=1S/C15H18FNO3/c1-19-13-8-12(7-11(9-16)14(13)20-2)15(17-10-18)5-3-4-6-15/h7-8H,3-6,9H2,1-2H3. The molecule has 1 aliphatic carbocycles. The number of isocyanates is 1. The van der Waals surface area contributed by atoms with Crippen LogP contribution in [0.25, 0.3) is 0 Å². The van der Waals surface area contributed by atoms with Crippen LogP contribution in [0.2, 0.25) is 0 Å². The van der Waals surface area contributed by atoms with Crippen LogP contribution in [0, 0.1) is 0 Å². The molecule has 0 aromatic heterocycles. The Balaban J connectivity index is 2.59. The lowest BCUT2D eigenvalue weighted by Gasteiger charge is -2.25. The number of carbonyl (C=O) groups excluding carboxylic acids is 1. The van der Waals surface area contributed by atoms with Gasteiger partial charge in [-0.05, 0) is 30.5 Å². The highest BCUT2D eigenvalue weighted by atomic mass is 19.1. The molecule has 0 bridgehead atoms. The number of hydrogen-bond donors (Lipinski definition) is 0. The van der Waals surface area contributed by atoms with E-state index in [1.165, 1.54) is 14.2 Å². The maximum absolute atomic E-state index is 13.2. The smallest absolute Gasteiger partial charge is 0.235 e. The molecule has 0 heterocycles. The first-order valence-electron chi connectivity index (χ1n) is 6.61. The summed E-state index contributed by atoms with van der Waals surface area (Å²) in [5.74, 6) is 0.854. The third-order valence-electron chi connectivity index (χ3n) is 3.93. The Morgan fingerprint density at radius 1 is 1.30 bits per heavy atom. The average Bonchev–Trinajstić information content (AvgIpc) is 2.95. The fourth-order valence-electron chi connectivity index (χ4n) is 2.92. The quantitative estimate of drug-likeness (QED) is 0.614. The molecule has 4 nitrogen and oxygen atoms in total. The first-order chi connectivity index (χ1) is 9.70. The number of hydrogen-bond acceptors (Lipinski definition) is 4. The van der Waals surface area contributed by atoms with Gasteiger partial charge in [-0.3, -0.25) is 0 Å². The van der Waals surface area contributed by atoms with E-state index in [9.17, 15) is 9.18 Å². The van der Waals surface area contributed by atoms with Gasteiger partial charge in [0, 0.05) is 5.56 Å². The molecule has 1 aliphatic rings. The lowest BCUT2D eigenvalue weighted by molar-refractivity contribution is 0.342. The van der Waals surface area contributed by atoms with Crippen molar-refractivity contribution in [2.45, 2.75) is 37.9 Å². The minimum Gasteiger partial charge on any atom is -0.493 e. The molecule has 0 radical (unpaired) electrons. The van der Waals surface area contributed by atoms with Crippen LogP contribution in [0.15, 0.2) is 17.1 Å². The summed E-state index contributed by atoms with van der Waals surface area (Å²) in [6, 6.07) is 3.50. The first-order valence-corrected chi connectivity index (χ1v) is 6.61. The molecular formula is C15H18FNO3. The van der Waals surface area contributed by atoms with E-state index in [0.29, 0.717) is 17.1 Å². The van der Waals surface area contributed by atoms with Crippen molar-refractivity contribution in [3.05, 3.63) is 23.3 Å². The van der Waals surface area contributed by atoms with Gasteiger partial charge in [-0.1, -0.05) is 12.8 Å². The predicted molar refractivity (Wildman–Crippen MR) is 72.6 cm³/mol. The molecule has 0 aliphatic heterocycles. The maximum atomic E-state index is 13.2. The Morgan fingerprint density at radius 2 is 2.00 bits per heavy atom. The third kappa shape index (κ3) is 2.41. The van der Waals surface area contributed by atoms with Gasteiger partial charge in [-0.2, -0.15) is 4.99 Å². The molecule has 1 saturated carbocycles. The van der Waals surface area contributed by atoms with Gasteiger partial charge in [0.25, 0.3) is 0 Å². The van der Waals surface area contributed by atoms with E-state index < -0.39 is 12.2 Å². The molecule has 0 unspecified atom stereocenters.